The first kappa shape index (κ1) is 19.1. The highest BCUT2D eigenvalue weighted by Crippen LogP contribution is 2.22. The van der Waals surface area contributed by atoms with Crippen molar-refractivity contribution >= 4 is 30.1 Å². The fourth-order valence-electron chi connectivity index (χ4n) is 2.47. The summed E-state index contributed by atoms with van der Waals surface area (Å²) in [6, 6.07) is 4.48. The highest BCUT2D eigenvalue weighted by Gasteiger charge is 2.33. The fraction of sp³-hybridized carbons (Fsp3) is 0.438. The number of benzene rings is 1. The molecule has 7 heteroatoms. The third kappa shape index (κ3) is 3.89. The molecule has 126 valence electrons. The van der Waals surface area contributed by atoms with Crippen molar-refractivity contribution < 1.29 is 14.4 Å². The lowest BCUT2D eigenvalue weighted by molar-refractivity contribution is 0.0693. The van der Waals surface area contributed by atoms with Crippen LogP contribution in [0.3, 0.4) is 0 Å². The van der Waals surface area contributed by atoms with Crippen LogP contribution in [-0.2, 0) is 0 Å². The van der Waals surface area contributed by atoms with Crippen LogP contribution in [0.15, 0.2) is 18.2 Å². The summed E-state index contributed by atoms with van der Waals surface area (Å²) >= 11 is 0. The highest BCUT2D eigenvalue weighted by atomic mass is 35.5. The number of hydrogen-bond acceptors (Lipinski definition) is 4. The zero-order chi connectivity index (χ0) is 16.3. The molecule has 0 saturated carbocycles. The molecule has 3 amide bonds. The normalized spacial score (nSPS) is 14.3. The van der Waals surface area contributed by atoms with Gasteiger partial charge >= 0.3 is 0 Å². The van der Waals surface area contributed by atoms with Crippen molar-refractivity contribution in [2.24, 2.45) is 5.73 Å². The lowest BCUT2D eigenvalue weighted by Crippen LogP contribution is -2.40. The molecule has 1 aliphatic heterocycles. The minimum absolute atomic E-state index is 0. The number of nitrogens with one attached hydrogen (secondary N) is 1. The summed E-state index contributed by atoms with van der Waals surface area (Å²) in [6.07, 6.45) is 2.85. The summed E-state index contributed by atoms with van der Waals surface area (Å²) in [5, 5.41) is 2.87. The molecule has 6 nitrogen and oxygen atoms in total. The Hall–Kier alpha value is -1.92. The number of nitrogens with zero attached hydrogens (tertiary/aromatic N) is 1. The van der Waals surface area contributed by atoms with E-state index in [2.05, 4.69) is 12.2 Å². The monoisotopic (exact) mass is 339 g/mol. The second-order valence-electron chi connectivity index (χ2n) is 5.48. The quantitative estimate of drug-likeness (QED) is 0.770. The van der Waals surface area contributed by atoms with E-state index >= 15 is 0 Å². The minimum atomic E-state index is -0.379. The third-order valence-corrected chi connectivity index (χ3v) is 3.88. The topological polar surface area (TPSA) is 92.5 Å². The van der Waals surface area contributed by atoms with E-state index in [0.717, 1.165) is 24.2 Å². The summed E-state index contributed by atoms with van der Waals surface area (Å²) in [4.78, 5) is 37.1. The van der Waals surface area contributed by atoms with Crippen LogP contribution in [0.25, 0.3) is 0 Å². The second-order valence-corrected chi connectivity index (χ2v) is 5.48. The van der Waals surface area contributed by atoms with Crippen molar-refractivity contribution in [1.82, 2.24) is 10.2 Å². The molecule has 0 saturated heterocycles. The lowest BCUT2D eigenvalue weighted by Gasteiger charge is -2.16. The Balaban J connectivity index is 0.00000264. The van der Waals surface area contributed by atoms with Gasteiger partial charge in [0, 0.05) is 25.2 Å². The van der Waals surface area contributed by atoms with Gasteiger partial charge in [-0.05, 0) is 24.6 Å². The van der Waals surface area contributed by atoms with E-state index in [9.17, 15) is 14.4 Å². The molecule has 1 aliphatic rings. The van der Waals surface area contributed by atoms with Crippen LogP contribution in [0.1, 0.15) is 57.3 Å². The number of amides is 3. The number of carbonyl (C=O) groups is 3. The van der Waals surface area contributed by atoms with Crippen LogP contribution < -0.4 is 11.1 Å². The van der Waals surface area contributed by atoms with Gasteiger partial charge in [0.25, 0.3) is 17.7 Å². The number of carbonyl (C=O) groups excluding carboxylic acids is 3. The van der Waals surface area contributed by atoms with E-state index < -0.39 is 0 Å². The number of rotatable bonds is 6. The molecule has 23 heavy (non-hydrogen) atoms. The largest absolute Gasteiger partial charge is 0.348 e. The molecule has 0 aliphatic carbocycles. The number of nitrogens with two attached hydrogens (primary N) is 1. The van der Waals surface area contributed by atoms with Crippen molar-refractivity contribution in [2.45, 2.75) is 32.2 Å². The Bertz CT molecular complexity index is 619. The van der Waals surface area contributed by atoms with Gasteiger partial charge in [0.2, 0.25) is 0 Å². The molecule has 1 unspecified atom stereocenters. The average molecular weight is 340 g/mol. The summed E-state index contributed by atoms with van der Waals surface area (Å²) in [5.41, 5.74) is 6.65. The maximum Gasteiger partial charge on any atom is 0.261 e. The summed E-state index contributed by atoms with van der Waals surface area (Å²) < 4.78 is 0. The first-order valence-electron chi connectivity index (χ1n) is 7.47. The predicted molar refractivity (Wildman–Crippen MR) is 89.9 cm³/mol. The van der Waals surface area contributed by atoms with Crippen LogP contribution in [0, 0.1) is 0 Å². The third-order valence-electron chi connectivity index (χ3n) is 3.88. The van der Waals surface area contributed by atoms with E-state index in [-0.39, 0.29) is 41.7 Å². The Morgan fingerprint density at radius 1 is 1.26 bits per heavy atom. The highest BCUT2D eigenvalue weighted by molar-refractivity contribution is 6.21. The molecular formula is C16H22ClN3O3. The molecule has 0 radical (unpaired) electrons. The first-order valence-corrected chi connectivity index (χ1v) is 7.47. The summed E-state index contributed by atoms with van der Waals surface area (Å²) in [7, 11) is 1.43. The zero-order valence-corrected chi connectivity index (χ0v) is 14.1. The standard InChI is InChI=1S/C16H21N3O3.ClH/c1-3-4-5-11(9-17)18-14(20)10-6-7-12-13(8-10)16(22)19(2)15(12)21;/h6-8,11H,3-5,9,17H2,1-2H3,(H,18,20);1H. The summed E-state index contributed by atoms with van der Waals surface area (Å²) in [5.74, 6) is -0.991. The van der Waals surface area contributed by atoms with Crippen LogP contribution in [-0.4, -0.2) is 42.3 Å². The van der Waals surface area contributed by atoms with E-state index in [0.29, 0.717) is 17.7 Å². The van der Waals surface area contributed by atoms with Crippen LogP contribution in [0.2, 0.25) is 0 Å². The molecule has 0 fully saturated rings. The van der Waals surface area contributed by atoms with E-state index in [4.69, 9.17) is 5.73 Å². The zero-order valence-electron chi connectivity index (χ0n) is 13.3. The van der Waals surface area contributed by atoms with Crippen molar-refractivity contribution in [1.29, 1.82) is 0 Å². The molecule has 0 aromatic heterocycles. The number of halogens is 1. The van der Waals surface area contributed by atoms with Crippen molar-refractivity contribution in [3.63, 3.8) is 0 Å². The second kappa shape index (κ2) is 8.08. The van der Waals surface area contributed by atoms with Gasteiger partial charge in [-0.25, -0.2) is 0 Å². The molecule has 1 aromatic carbocycles. The Kier molecular flexibility index (Phi) is 6.72. The molecule has 0 bridgehead atoms. The Morgan fingerprint density at radius 2 is 1.91 bits per heavy atom. The van der Waals surface area contributed by atoms with Gasteiger partial charge in [0.05, 0.1) is 11.1 Å². The SMILES string of the molecule is CCCCC(CN)NC(=O)c1ccc2c(c1)C(=O)N(C)C2=O.Cl. The van der Waals surface area contributed by atoms with E-state index in [1.165, 1.54) is 19.2 Å². The maximum absolute atomic E-state index is 12.3. The van der Waals surface area contributed by atoms with Gasteiger partial charge in [-0.3, -0.25) is 19.3 Å². The molecule has 3 N–H and O–H groups in total. The fourth-order valence-corrected chi connectivity index (χ4v) is 2.47. The number of hydrogen-bond donors (Lipinski definition) is 2. The van der Waals surface area contributed by atoms with Crippen molar-refractivity contribution in [2.75, 3.05) is 13.6 Å². The van der Waals surface area contributed by atoms with Crippen LogP contribution in [0.5, 0.6) is 0 Å². The molecule has 2 rings (SSSR count). The smallest absolute Gasteiger partial charge is 0.261 e. The average Bonchev–Trinajstić information content (AvgIpc) is 2.75. The van der Waals surface area contributed by atoms with E-state index in [1.54, 1.807) is 6.07 Å². The molecule has 0 spiro atoms. The predicted octanol–water partition coefficient (Wildman–Crippen LogP) is 1.58. The van der Waals surface area contributed by atoms with Gasteiger partial charge in [0.15, 0.2) is 0 Å². The Labute approximate surface area is 141 Å². The van der Waals surface area contributed by atoms with Gasteiger partial charge in [0.1, 0.15) is 0 Å². The van der Waals surface area contributed by atoms with Gasteiger partial charge in [-0.1, -0.05) is 19.8 Å². The van der Waals surface area contributed by atoms with Gasteiger partial charge in [-0.15, -0.1) is 12.4 Å². The van der Waals surface area contributed by atoms with E-state index in [1.807, 2.05) is 0 Å². The number of fused-ring (bicyclic) bond motifs is 1. The molecule has 1 heterocycles. The van der Waals surface area contributed by atoms with Crippen molar-refractivity contribution in [3.05, 3.63) is 34.9 Å². The molecular weight excluding hydrogens is 318 g/mol. The minimum Gasteiger partial charge on any atom is -0.348 e. The van der Waals surface area contributed by atoms with Crippen LogP contribution in [0.4, 0.5) is 0 Å². The maximum atomic E-state index is 12.3. The van der Waals surface area contributed by atoms with Gasteiger partial charge in [-0.2, -0.15) is 0 Å². The first-order chi connectivity index (χ1) is 10.5. The number of unbranched alkanes of at least 4 members (excludes halogenated alkanes) is 1. The lowest BCUT2D eigenvalue weighted by atomic mass is 10.0. The van der Waals surface area contributed by atoms with Crippen LogP contribution >= 0.6 is 12.4 Å². The van der Waals surface area contributed by atoms with Crippen molar-refractivity contribution in [3.8, 4) is 0 Å². The molecule has 1 atom stereocenters. The van der Waals surface area contributed by atoms with Gasteiger partial charge < -0.3 is 11.1 Å². The summed E-state index contributed by atoms with van der Waals surface area (Å²) in [6.45, 7) is 2.45. The number of imide groups is 1. The molecule has 1 aromatic rings. The Morgan fingerprint density at radius 3 is 2.52 bits per heavy atom.